The van der Waals surface area contributed by atoms with Crippen LogP contribution in [-0.4, -0.2) is 28.3 Å². The Balaban J connectivity index is 2.99. The quantitative estimate of drug-likeness (QED) is 0.748. The fraction of sp³-hybridized carbons (Fsp3) is 0.562. The van der Waals surface area contributed by atoms with Crippen LogP contribution < -0.4 is 5.32 Å². The monoisotopic (exact) mass is 279 g/mol. The number of benzene rings is 1. The maximum Gasteiger partial charge on any atom is 0.320 e. The molecular formula is C16H25NO3. The number of carboxylic acids is 1. The van der Waals surface area contributed by atoms with Crippen molar-refractivity contribution < 1.29 is 15.0 Å². The molecule has 3 N–H and O–H groups in total. The van der Waals surface area contributed by atoms with Crippen LogP contribution in [-0.2, 0) is 4.79 Å². The van der Waals surface area contributed by atoms with Crippen LogP contribution >= 0.6 is 0 Å². The fourth-order valence-corrected chi connectivity index (χ4v) is 2.36. The van der Waals surface area contributed by atoms with Gasteiger partial charge in [-0.1, -0.05) is 37.6 Å². The zero-order valence-corrected chi connectivity index (χ0v) is 12.8. The summed E-state index contributed by atoms with van der Waals surface area (Å²) < 4.78 is 0. The van der Waals surface area contributed by atoms with Crippen molar-refractivity contribution in [2.24, 2.45) is 5.92 Å². The minimum absolute atomic E-state index is 0.118. The molecule has 0 amide bonds. The van der Waals surface area contributed by atoms with Gasteiger partial charge in [0.1, 0.15) is 6.04 Å². The highest BCUT2D eigenvalue weighted by atomic mass is 16.4. The number of nitrogens with one attached hydrogen (secondary N) is 1. The molecule has 0 fully saturated rings. The highest BCUT2D eigenvalue weighted by Crippen LogP contribution is 2.25. The third-order valence-electron chi connectivity index (χ3n) is 3.62. The lowest BCUT2D eigenvalue weighted by molar-refractivity contribution is -0.139. The molecule has 0 aliphatic rings. The number of hydrogen-bond acceptors (Lipinski definition) is 3. The van der Waals surface area contributed by atoms with Gasteiger partial charge in [0.05, 0.1) is 6.10 Å². The van der Waals surface area contributed by atoms with Gasteiger partial charge in [0.25, 0.3) is 0 Å². The van der Waals surface area contributed by atoms with Gasteiger partial charge in [-0.15, -0.1) is 0 Å². The number of carboxylic acid groups (broad SMARTS) is 1. The van der Waals surface area contributed by atoms with Crippen molar-refractivity contribution in [1.29, 1.82) is 0 Å². The molecule has 3 atom stereocenters. The summed E-state index contributed by atoms with van der Waals surface area (Å²) in [6, 6.07) is 4.91. The van der Waals surface area contributed by atoms with Gasteiger partial charge in [0.2, 0.25) is 0 Å². The van der Waals surface area contributed by atoms with E-state index in [1.807, 2.05) is 45.9 Å². The first kappa shape index (κ1) is 16.7. The van der Waals surface area contributed by atoms with Gasteiger partial charge in [-0.25, -0.2) is 0 Å². The molecule has 0 saturated carbocycles. The van der Waals surface area contributed by atoms with Crippen LogP contribution in [0.4, 0.5) is 0 Å². The van der Waals surface area contributed by atoms with E-state index in [1.54, 1.807) is 6.92 Å². The van der Waals surface area contributed by atoms with Crippen LogP contribution in [0.3, 0.4) is 0 Å². The van der Waals surface area contributed by atoms with Gasteiger partial charge in [0.15, 0.2) is 0 Å². The van der Waals surface area contributed by atoms with Crippen LogP contribution in [0.5, 0.6) is 0 Å². The van der Waals surface area contributed by atoms with Gasteiger partial charge in [-0.3, -0.25) is 10.1 Å². The van der Waals surface area contributed by atoms with Crippen molar-refractivity contribution in [3.63, 3.8) is 0 Å². The Morgan fingerprint density at radius 2 is 1.80 bits per heavy atom. The van der Waals surface area contributed by atoms with Crippen LogP contribution in [0.1, 0.15) is 43.6 Å². The van der Waals surface area contributed by atoms with E-state index < -0.39 is 18.1 Å². The summed E-state index contributed by atoms with van der Waals surface area (Å²) in [5.41, 5.74) is 3.01. The highest BCUT2D eigenvalue weighted by molar-refractivity contribution is 5.72. The number of carbonyl (C=O) groups is 1. The molecule has 1 aromatic rings. The van der Waals surface area contributed by atoms with Crippen molar-refractivity contribution >= 4 is 5.97 Å². The number of aryl methyl sites for hydroxylation is 2. The van der Waals surface area contributed by atoms with Gasteiger partial charge in [0, 0.05) is 6.04 Å². The number of aliphatic hydroxyl groups is 1. The third-order valence-corrected chi connectivity index (χ3v) is 3.62. The van der Waals surface area contributed by atoms with E-state index >= 15 is 0 Å². The van der Waals surface area contributed by atoms with Crippen LogP contribution in [0, 0.1) is 19.8 Å². The third kappa shape index (κ3) is 4.05. The average molecular weight is 279 g/mol. The van der Waals surface area contributed by atoms with Crippen molar-refractivity contribution in [1.82, 2.24) is 5.32 Å². The van der Waals surface area contributed by atoms with Crippen molar-refractivity contribution in [2.45, 2.75) is 52.8 Å². The lowest BCUT2D eigenvalue weighted by Gasteiger charge is -2.30. The molecule has 0 spiro atoms. The van der Waals surface area contributed by atoms with E-state index in [0.717, 1.165) is 16.7 Å². The molecule has 0 bridgehead atoms. The predicted molar refractivity (Wildman–Crippen MR) is 79.7 cm³/mol. The molecule has 1 aromatic carbocycles. The average Bonchev–Trinajstić information content (AvgIpc) is 2.34. The Bertz CT molecular complexity index is 471. The van der Waals surface area contributed by atoms with E-state index in [4.69, 9.17) is 5.11 Å². The lowest BCUT2D eigenvalue weighted by Crippen LogP contribution is -2.47. The molecule has 4 heteroatoms. The summed E-state index contributed by atoms with van der Waals surface area (Å²) in [5.74, 6) is -0.795. The predicted octanol–water partition coefficient (Wildman–Crippen LogP) is 2.42. The molecule has 0 radical (unpaired) electrons. The van der Waals surface area contributed by atoms with E-state index in [9.17, 15) is 9.90 Å². The number of rotatable bonds is 6. The van der Waals surface area contributed by atoms with Gasteiger partial charge < -0.3 is 10.2 Å². The Morgan fingerprint density at radius 3 is 2.25 bits per heavy atom. The first-order valence-corrected chi connectivity index (χ1v) is 6.98. The Kier molecular flexibility index (Phi) is 5.72. The van der Waals surface area contributed by atoms with Crippen LogP contribution in [0.25, 0.3) is 0 Å². The minimum atomic E-state index is -0.913. The molecular weight excluding hydrogens is 254 g/mol. The number of aliphatic carboxylic acids is 1. The molecule has 3 unspecified atom stereocenters. The number of hydrogen-bond donors (Lipinski definition) is 3. The molecule has 0 heterocycles. The SMILES string of the molecule is Cc1ccc(C(O)C(NC(C)C(=O)O)C(C)C)c(C)c1. The molecule has 0 aromatic heterocycles. The second-order valence-electron chi connectivity index (χ2n) is 5.80. The van der Waals surface area contributed by atoms with Crippen molar-refractivity contribution in [2.75, 3.05) is 0 Å². The largest absolute Gasteiger partial charge is 0.480 e. The summed E-state index contributed by atoms with van der Waals surface area (Å²) in [5, 5.41) is 22.6. The van der Waals surface area contributed by atoms with E-state index in [0.29, 0.717) is 0 Å². The molecule has 20 heavy (non-hydrogen) atoms. The molecule has 112 valence electrons. The first-order chi connectivity index (χ1) is 9.23. The molecule has 0 saturated heterocycles. The van der Waals surface area contributed by atoms with Crippen molar-refractivity contribution in [3.8, 4) is 0 Å². The second-order valence-corrected chi connectivity index (χ2v) is 5.80. The molecule has 0 aliphatic heterocycles. The zero-order chi connectivity index (χ0) is 15.4. The summed E-state index contributed by atoms with van der Waals surface area (Å²) in [7, 11) is 0. The van der Waals surface area contributed by atoms with E-state index in [2.05, 4.69) is 5.32 Å². The minimum Gasteiger partial charge on any atom is -0.480 e. The Morgan fingerprint density at radius 1 is 1.20 bits per heavy atom. The van der Waals surface area contributed by atoms with Crippen molar-refractivity contribution in [3.05, 3.63) is 34.9 Å². The summed E-state index contributed by atoms with van der Waals surface area (Å²) in [4.78, 5) is 11.0. The second kappa shape index (κ2) is 6.86. The molecule has 1 rings (SSSR count). The smallest absolute Gasteiger partial charge is 0.320 e. The summed E-state index contributed by atoms with van der Waals surface area (Å²) in [6.45, 7) is 9.50. The van der Waals surface area contributed by atoms with Crippen LogP contribution in [0.2, 0.25) is 0 Å². The topological polar surface area (TPSA) is 69.6 Å². The zero-order valence-electron chi connectivity index (χ0n) is 12.8. The van der Waals surface area contributed by atoms with Gasteiger partial charge >= 0.3 is 5.97 Å². The van der Waals surface area contributed by atoms with Gasteiger partial charge in [-0.2, -0.15) is 0 Å². The molecule has 4 nitrogen and oxygen atoms in total. The van der Waals surface area contributed by atoms with E-state index in [1.165, 1.54) is 0 Å². The summed E-state index contributed by atoms with van der Waals surface area (Å²) in [6.07, 6.45) is -0.725. The molecule has 0 aliphatic carbocycles. The number of aliphatic hydroxyl groups excluding tert-OH is 1. The Hall–Kier alpha value is -1.39. The fourth-order valence-electron chi connectivity index (χ4n) is 2.36. The lowest BCUT2D eigenvalue weighted by atomic mass is 9.90. The Labute approximate surface area is 120 Å². The standard InChI is InChI=1S/C16H25NO3/c1-9(2)14(17-12(5)16(19)20)15(18)13-7-6-10(3)8-11(13)4/h6-9,12,14-15,17-18H,1-5H3,(H,19,20). The van der Waals surface area contributed by atoms with Gasteiger partial charge in [-0.05, 0) is 37.8 Å². The van der Waals surface area contributed by atoms with Crippen LogP contribution in [0.15, 0.2) is 18.2 Å². The highest BCUT2D eigenvalue weighted by Gasteiger charge is 2.28. The summed E-state index contributed by atoms with van der Waals surface area (Å²) >= 11 is 0. The maximum atomic E-state index is 11.0. The van der Waals surface area contributed by atoms with E-state index in [-0.39, 0.29) is 12.0 Å². The first-order valence-electron chi connectivity index (χ1n) is 6.98. The normalized spacial score (nSPS) is 15.9. The maximum absolute atomic E-state index is 11.0.